The third-order valence-electron chi connectivity index (χ3n) is 3.03. The first kappa shape index (κ1) is 17.1. The van der Waals surface area contributed by atoms with Crippen molar-refractivity contribution in [2.45, 2.75) is 32.1 Å². The molecular formula is C13H18BrNO4S. The molecule has 20 heavy (non-hydrogen) atoms. The van der Waals surface area contributed by atoms with Gasteiger partial charge in [0.15, 0.2) is 0 Å². The number of benzene rings is 1. The van der Waals surface area contributed by atoms with Crippen molar-refractivity contribution in [3.63, 3.8) is 0 Å². The molecule has 2 N–H and O–H groups in total. The van der Waals surface area contributed by atoms with Gasteiger partial charge in [-0.2, -0.15) is 0 Å². The number of hydrogen-bond donors (Lipinski definition) is 2. The first-order valence-electron chi connectivity index (χ1n) is 6.22. The van der Waals surface area contributed by atoms with E-state index in [1.165, 1.54) is 0 Å². The van der Waals surface area contributed by atoms with E-state index >= 15 is 0 Å². The quantitative estimate of drug-likeness (QED) is 0.778. The lowest BCUT2D eigenvalue weighted by atomic mass is 10.0. The second-order valence-corrected chi connectivity index (χ2v) is 7.38. The van der Waals surface area contributed by atoms with Crippen molar-refractivity contribution in [1.29, 1.82) is 0 Å². The summed E-state index contributed by atoms with van der Waals surface area (Å²) < 4.78 is 27.2. The highest BCUT2D eigenvalue weighted by atomic mass is 79.9. The predicted molar refractivity (Wildman–Crippen MR) is 80.8 cm³/mol. The zero-order valence-corrected chi connectivity index (χ0v) is 13.7. The van der Waals surface area contributed by atoms with Crippen LogP contribution in [0, 0.1) is 5.92 Å². The summed E-state index contributed by atoms with van der Waals surface area (Å²) in [6.45, 7) is 3.53. The Morgan fingerprint density at radius 3 is 2.60 bits per heavy atom. The van der Waals surface area contributed by atoms with Crippen LogP contribution in [-0.2, 0) is 20.6 Å². The molecule has 0 unspecified atom stereocenters. The number of carboxylic acid groups (broad SMARTS) is 1. The average Bonchev–Trinajstić information content (AvgIpc) is 2.34. The Bertz CT molecular complexity index is 573. The van der Waals surface area contributed by atoms with Gasteiger partial charge in [0.25, 0.3) is 0 Å². The minimum absolute atomic E-state index is 0.243. The van der Waals surface area contributed by atoms with Gasteiger partial charge in [0.1, 0.15) is 6.04 Å². The lowest BCUT2D eigenvalue weighted by molar-refractivity contribution is -0.140. The molecule has 0 bridgehead atoms. The lowest BCUT2D eigenvalue weighted by Crippen LogP contribution is -2.45. The maximum atomic E-state index is 12.1. The highest BCUT2D eigenvalue weighted by Gasteiger charge is 2.28. The van der Waals surface area contributed by atoms with E-state index in [9.17, 15) is 13.2 Å². The fourth-order valence-corrected chi connectivity index (χ4v) is 3.60. The van der Waals surface area contributed by atoms with Crippen LogP contribution in [0.4, 0.5) is 0 Å². The molecule has 112 valence electrons. The molecule has 2 atom stereocenters. The molecule has 0 saturated carbocycles. The Labute approximate surface area is 127 Å². The van der Waals surface area contributed by atoms with Crippen LogP contribution in [0.1, 0.15) is 25.8 Å². The molecule has 0 aliphatic heterocycles. The molecule has 0 amide bonds. The Balaban J connectivity index is 2.85. The molecule has 1 aromatic rings. The van der Waals surface area contributed by atoms with Crippen molar-refractivity contribution in [1.82, 2.24) is 4.72 Å². The van der Waals surface area contributed by atoms with Crippen molar-refractivity contribution in [2.24, 2.45) is 5.92 Å². The molecule has 0 radical (unpaired) electrons. The SMILES string of the molecule is CC[C@H](C)[C@H](NS(=O)(=O)Cc1cccc(Br)c1)C(=O)O. The topological polar surface area (TPSA) is 83.5 Å². The summed E-state index contributed by atoms with van der Waals surface area (Å²) in [7, 11) is -3.70. The zero-order chi connectivity index (χ0) is 15.3. The molecule has 0 spiro atoms. The molecule has 0 aromatic heterocycles. The van der Waals surface area contributed by atoms with Gasteiger partial charge in [0.05, 0.1) is 5.75 Å². The number of carboxylic acids is 1. The fourth-order valence-electron chi connectivity index (χ4n) is 1.73. The van der Waals surface area contributed by atoms with E-state index in [4.69, 9.17) is 5.11 Å². The van der Waals surface area contributed by atoms with Crippen LogP contribution in [0.5, 0.6) is 0 Å². The number of rotatable bonds is 7. The summed E-state index contributed by atoms with van der Waals surface area (Å²) in [4.78, 5) is 11.1. The second-order valence-electron chi connectivity index (χ2n) is 4.71. The van der Waals surface area contributed by atoms with Gasteiger partial charge in [-0.1, -0.05) is 48.3 Å². The summed E-state index contributed by atoms with van der Waals surface area (Å²) in [5.74, 6) is -1.67. The monoisotopic (exact) mass is 363 g/mol. The summed E-state index contributed by atoms with van der Waals surface area (Å²) in [6.07, 6.45) is 0.580. The lowest BCUT2D eigenvalue weighted by Gasteiger charge is -2.20. The molecule has 5 nitrogen and oxygen atoms in total. The van der Waals surface area contributed by atoms with Crippen molar-refractivity contribution < 1.29 is 18.3 Å². The molecule has 0 aliphatic carbocycles. The van der Waals surface area contributed by atoms with E-state index in [1.54, 1.807) is 31.2 Å². The smallest absolute Gasteiger partial charge is 0.322 e. The van der Waals surface area contributed by atoms with Crippen molar-refractivity contribution in [3.8, 4) is 0 Å². The van der Waals surface area contributed by atoms with Crippen LogP contribution in [0.3, 0.4) is 0 Å². The van der Waals surface area contributed by atoms with Crippen molar-refractivity contribution in [3.05, 3.63) is 34.3 Å². The van der Waals surface area contributed by atoms with Crippen LogP contribution in [0.25, 0.3) is 0 Å². The van der Waals surface area contributed by atoms with Gasteiger partial charge < -0.3 is 5.11 Å². The first-order chi connectivity index (χ1) is 9.25. The minimum Gasteiger partial charge on any atom is -0.480 e. The third kappa shape index (κ3) is 5.22. The summed E-state index contributed by atoms with van der Waals surface area (Å²) >= 11 is 3.27. The minimum atomic E-state index is -3.70. The van der Waals surface area contributed by atoms with Crippen molar-refractivity contribution >= 4 is 31.9 Å². The van der Waals surface area contributed by atoms with Crippen LogP contribution >= 0.6 is 15.9 Å². The Morgan fingerprint density at radius 2 is 2.10 bits per heavy atom. The number of aliphatic carboxylic acids is 1. The van der Waals surface area contributed by atoms with Gasteiger partial charge in [-0.25, -0.2) is 13.1 Å². The number of halogens is 1. The van der Waals surface area contributed by atoms with E-state index in [1.807, 2.05) is 6.92 Å². The summed E-state index contributed by atoms with van der Waals surface area (Å²) in [5.41, 5.74) is 0.597. The first-order valence-corrected chi connectivity index (χ1v) is 8.67. The Hall–Kier alpha value is -0.920. The largest absolute Gasteiger partial charge is 0.480 e. The summed E-state index contributed by atoms with van der Waals surface area (Å²) in [6, 6.07) is 5.81. The number of carbonyl (C=O) groups is 1. The normalized spacial score (nSPS) is 14.8. The van der Waals surface area contributed by atoms with E-state index in [2.05, 4.69) is 20.7 Å². The summed E-state index contributed by atoms with van der Waals surface area (Å²) in [5, 5.41) is 9.11. The van der Waals surface area contributed by atoms with E-state index in [-0.39, 0.29) is 11.7 Å². The number of nitrogens with one attached hydrogen (secondary N) is 1. The molecule has 1 aromatic carbocycles. The van der Waals surface area contributed by atoms with Gasteiger partial charge in [0, 0.05) is 4.47 Å². The fraction of sp³-hybridized carbons (Fsp3) is 0.462. The Morgan fingerprint density at radius 1 is 1.45 bits per heavy atom. The highest BCUT2D eigenvalue weighted by molar-refractivity contribution is 9.10. The molecule has 0 heterocycles. The zero-order valence-electron chi connectivity index (χ0n) is 11.3. The number of hydrogen-bond acceptors (Lipinski definition) is 3. The van der Waals surface area contributed by atoms with E-state index in [0.717, 1.165) is 4.47 Å². The van der Waals surface area contributed by atoms with Crippen LogP contribution in [0.15, 0.2) is 28.7 Å². The Kier molecular flexibility index (Phi) is 6.16. The van der Waals surface area contributed by atoms with Gasteiger partial charge in [-0.3, -0.25) is 4.79 Å². The molecular weight excluding hydrogens is 346 g/mol. The van der Waals surface area contributed by atoms with Gasteiger partial charge >= 0.3 is 5.97 Å². The van der Waals surface area contributed by atoms with Crippen molar-refractivity contribution in [2.75, 3.05) is 0 Å². The standard InChI is InChI=1S/C13H18BrNO4S/c1-3-9(2)12(13(16)17)15-20(18,19)8-10-5-4-6-11(14)7-10/h4-7,9,12,15H,3,8H2,1-2H3,(H,16,17)/t9-,12-/m0/s1. The molecule has 0 saturated heterocycles. The van der Waals surface area contributed by atoms with Gasteiger partial charge in [-0.15, -0.1) is 0 Å². The average molecular weight is 364 g/mol. The molecule has 7 heteroatoms. The van der Waals surface area contributed by atoms with E-state index in [0.29, 0.717) is 12.0 Å². The number of sulfonamides is 1. The molecule has 0 aliphatic rings. The van der Waals surface area contributed by atoms with E-state index < -0.39 is 22.0 Å². The second kappa shape index (κ2) is 7.19. The maximum Gasteiger partial charge on any atom is 0.322 e. The van der Waals surface area contributed by atoms with Gasteiger partial charge in [0.2, 0.25) is 10.0 Å². The van der Waals surface area contributed by atoms with Crippen LogP contribution < -0.4 is 4.72 Å². The molecule has 0 fully saturated rings. The van der Waals surface area contributed by atoms with Crippen LogP contribution in [0.2, 0.25) is 0 Å². The van der Waals surface area contributed by atoms with Crippen LogP contribution in [-0.4, -0.2) is 25.5 Å². The maximum absolute atomic E-state index is 12.1. The third-order valence-corrected chi connectivity index (χ3v) is 4.85. The molecule has 1 rings (SSSR count). The van der Waals surface area contributed by atoms with Gasteiger partial charge in [-0.05, 0) is 23.6 Å². The highest BCUT2D eigenvalue weighted by Crippen LogP contribution is 2.15. The predicted octanol–water partition coefficient (Wildman–Crippen LogP) is 2.37.